The molecule has 0 aromatic carbocycles. The molecule has 19 heavy (non-hydrogen) atoms. The molecule has 0 amide bonds. The number of carbonyl (C=O) groups excluding carboxylic acids is 1. The quantitative estimate of drug-likeness (QED) is 0.670. The minimum Gasteiger partial charge on any atom is -0.457 e. The molecular formula is C14H20O5. The van der Waals surface area contributed by atoms with Crippen molar-refractivity contribution in [2.24, 2.45) is 0 Å². The lowest BCUT2D eigenvalue weighted by Crippen LogP contribution is -2.47. The van der Waals surface area contributed by atoms with Crippen LogP contribution in [0.1, 0.15) is 51.4 Å². The second-order valence-electron chi connectivity index (χ2n) is 6.45. The highest BCUT2D eigenvalue weighted by Crippen LogP contribution is 2.49. The molecule has 5 nitrogen and oxygen atoms in total. The molecule has 0 unspecified atom stereocenters. The average molecular weight is 268 g/mol. The molecule has 0 aromatic heterocycles. The first kappa shape index (κ1) is 12.1. The molecule has 5 heteroatoms. The summed E-state index contributed by atoms with van der Waals surface area (Å²) in [6.45, 7) is 0. The molecule has 2 saturated carbocycles. The molecule has 0 radical (unpaired) electrons. The lowest BCUT2D eigenvalue weighted by molar-refractivity contribution is -0.195. The van der Waals surface area contributed by atoms with Gasteiger partial charge in [0.2, 0.25) is 0 Å². The first-order valence-corrected chi connectivity index (χ1v) is 7.39. The topological polar surface area (TPSA) is 65.0 Å². The van der Waals surface area contributed by atoms with Crippen molar-refractivity contribution in [2.45, 2.75) is 81.1 Å². The van der Waals surface area contributed by atoms with E-state index in [0.717, 1.165) is 25.7 Å². The summed E-state index contributed by atoms with van der Waals surface area (Å²) < 4.78 is 17.6. The molecule has 2 bridgehead atoms. The molecule has 4 aliphatic rings. The molecule has 1 N–H and O–H groups in total. The van der Waals surface area contributed by atoms with E-state index >= 15 is 0 Å². The van der Waals surface area contributed by atoms with Gasteiger partial charge in [-0.05, 0) is 12.8 Å². The Labute approximate surface area is 112 Å². The van der Waals surface area contributed by atoms with Crippen LogP contribution in [-0.2, 0) is 19.0 Å². The molecule has 1 spiro atoms. The maximum absolute atomic E-state index is 11.6. The summed E-state index contributed by atoms with van der Waals surface area (Å²) in [6, 6.07) is 0. The highest BCUT2D eigenvalue weighted by atomic mass is 16.8. The third-order valence-corrected chi connectivity index (χ3v) is 5.03. The Morgan fingerprint density at radius 1 is 1.00 bits per heavy atom. The number of hydrogen-bond acceptors (Lipinski definition) is 5. The molecule has 2 saturated heterocycles. The second kappa shape index (κ2) is 3.93. The maximum atomic E-state index is 11.6. The summed E-state index contributed by atoms with van der Waals surface area (Å²) in [6.07, 6.45) is 6.47. The van der Waals surface area contributed by atoms with Gasteiger partial charge in [-0.3, -0.25) is 0 Å². The first-order chi connectivity index (χ1) is 9.10. The minimum atomic E-state index is -1.34. The van der Waals surface area contributed by atoms with Crippen LogP contribution in [0, 0.1) is 0 Å². The molecule has 4 atom stereocenters. The van der Waals surface area contributed by atoms with E-state index in [2.05, 4.69) is 0 Å². The predicted molar refractivity (Wildman–Crippen MR) is 64.2 cm³/mol. The first-order valence-electron chi connectivity index (χ1n) is 7.39. The van der Waals surface area contributed by atoms with Gasteiger partial charge in [0.05, 0.1) is 6.10 Å². The van der Waals surface area contributed by atoms with E-state index in [1.54, 1.807) is 0 Å². The zero-order chi connectivity index (χ0) is 13.1. The van der Waals surface area contributed by atoms with Gasteiger partial charge in [-0.25, -0.2) is 4.79 Å². The highest BCUT2D eigenvalue weighted by Gasteiger charge is 2.63. The Kier molecular flexibility index (Phi) is 2.51. The fraction of sp³-hybridized carbons (Fsp3) is 0.929. The summed E-state index contributed by atoms with van der Waals surface area (Å²) in [5.41, 5.74) is -1.34. The van der Waals surface area contributed by atoms with Crippen LogP contribution in [0.3, 0.4) is 0 Å². The van der Waals surface area contributed by atoms with Crippen LogP contribution in [0.5, 0.6) is 0 Å². The van der Waals surface area contributed by atoms with Crippen LogP contribution in [0.2, 0.25) is 0 Å². The smallest absolute Gasteiger partial charge is 0.338 e. The van der Waals surface area contributed by atoms with Gasteiger partial charge in [-0.15, -0.1) is 0 Å². The Hall–Kier alpha value is -0.650. The van der Waals surface area contributed by atoms with Gasteiger partial charge in [0.25, 0.3) is 0 Å². The molecule has 2 heterocycles. The third kappa shape index (κ3) is 1.75. The SMILES string of the molecule is O=C1O[C@H]2C[C@@]1(O)C[C@@H]1OC3(CCCCCC3)O[C@H]21. The van der Waals surface area contributed by atoms with E-state index < -0.39 is 17.4 Å². The molecule has 4 fully saturated rings. The van der Waals surface area contributed by atoms with Crippen LogP contribution >= 0.6 is 0 Å². The van der Waals surface area contributed by atoms with Crippen molar-refractivity contribution in [3.8, 4) is 0 Å². The molecule has 2 aliphatic heterocycles. The van der Waals surface area contributed by atoms with Crippen molar-refractivity contribution in [1.29, 1.82) is 0 Å². The van der Waals surface area contributed by atoms with Gasteiger partial charge in [0.1, 0.15) is 12.2 Å². The summed E-state index contributed by atoms with van der Waals surface area (Å²) >= 11 is 0. The number of esters is 1. The lowest BCUT2D eigenvalue weighted by atomic mass is 9.82. The van der Waals surface area contributed by atoms with Gasteiger partial charge in [-0.1, -0.05) is 12.8 Å². The van der Waals surface area contributed by atoms with Crippen LogP contribution in [-0.4, -0.2) is 40.8 Å². The van der Waals surface area contributed by atoms with E-state index in [9.17, 15) is 9.90 Å². The zero-order valence-corrected chi connectivity index (χ0v) is 11.0. The average Bonchev–Trinajstić information content (AvgIpc) is 2.71. The second-order valence-corrected chi connectivity index (χ2v) is 6.45. The van der Waals surface area contributed by atoms with Crippen molar-refractivity contribution in [3.05, 3.63) is 0 Å². The van der Waals surface area contributed by atoms with Crippen LogP contribution in [0.15, 0.2) is 0 Å². The monoisotopic (exact) mass is 268 g/mol. The summed E-state index contributed by atoms with van der Waals surface area (Å²) in [7, 11) is 0. The van der Waals surface area contributed by atoms with Gasteiger partial charge in [0, 0.05) is 25.7 Å². The van der Waals surface area contributed by atoms with E-state index in [1.807, 2.05) is 0 Å². The largest absolute Gasteiger partial charge is 0.457 e. The molecule has 4 rings (SSSR count). The van der Waals surface area contributed by atoms with Crippen molar-refractivity contribution in [3.63, 3.8) is 0 Å². The number of carbonyl (C=O) groups is 1. The molecule has 0 aromatic rings. The Morgan fingerprint density at radius 3 is 2.42 bits per heavy atom. The van der Waals surface area contributed by atoms with Crippen LogP contribution in [0.4, 0.5) is 0 Å². The number of rotatable bonds is 0. The molecule has 2 aliphatic carbocycles. The fourth-order valence-corrected chi connectivity index (χ4v) is 4.06. The standard InChI is InChI=1S/C14H20O5/c15-12-13(16)7-9(17-12)11-10(8-13)18-14(19-11)5-3-1-2-4-6-14/h9-11,16H,1-8H2/t9-,10-,11+,13+/m0/s1. The van der Waals surface area contributed by atoms with Crippen LogP contribution in [0.25, 0.3) is 0 Å². The molecular weight excluding hydrogens is 248 g/mol. The predicted octanol–water partition coefficient (Wildman–Crippen LogP) is 1.27. The van der Waals surface area contributed by atoms with E-state index in [-0.39, 0.29) is 18.3 Å². The third-order valence-electron chi connectivity index (χ3n) is 5.03. The Morgan fingerprint density at radius 2 is 1.68 bits per heavy atom. The molecule has 106 valence electrons. The van der Waals surface area contributed by atoms with Crippen LogP contribution < -0.4 is 0 Å². The van der Waals surface area contributed by atoms with Gasteiger partial charge >= 0.3 is 5.97 Å². The number of aliphatic hydroxyl groups is 1. The number of ether oxygens (including phenoxy) is 3. The van der Waals surface area contributed by atoms with E-state index in [4.69, 9.17) is 14.2 Å². The summed E-state index contributed by atoms with van der Waals surface area (Å²) in [5.74, 6) is -0.993. The normalized spacial score (nSPS) is 47.8. The van der Waals surface area contributed by atoms with Crippen molar-refractivity contribution < 1.29 is 24.1 Å². The maximum Gasteiger partial charge on any atom is 0.338 e. The van der Waals surface area contributed by atoms with E-state index in [1.165, 1.54) is 12.8 Å². The Balaban J connectivity index is 1.58. The zero-order valence-electron chi connectivity index (χ0n) is 11.0. The van der Waals surface area contributed by atoms with Gasteiger partial charge in [-0.2, -0.15) is 0 Å². The number of fused-ring (bicyclic) bond motifs is 4. The Bertz CT molecular complexity index is 401. The van der Waals surface area contributed by atoms with Gasteiger partial charge in [0.15, 0.2) is 11.4 Å². The lowest BCUT2D eigenvalue weighted by Gasteiger charge is -2.29. The van der Waals surface area contributed by atoms with Crippen molar-refractivity contribution >= 4 is 5.97 Å². The van der Waals surface area contributed by atoms with Crippen molar-refractivity contribution in [1.82, 2.24) is 0 Å². The van der Waals surface area contributed by atoms with E-state index in [0.29, 0.717) is 12.8 Å². The fourth-order valence-electron chi connectivity index (χ4n) is 4.06. The highest BCUT2D eigenvalue weighted by molar-refractivity contribution is 5.82. The summed E-state index contributed by atoms with van der Waals surface area (Å²) in [5, 5.41) is 10.3. The summed E-state index contributed by atoms with van der Waals surface area (Å²) in [4.78, 5) is 11.6. The number of hydrogen-bond donors (Lipinski definition) is 1. The minimum absolute atomic E-state index is 0.190. The van der Waals surface area contributed by atoms with Gasteiger partial charge < -0.3 is 19.3 Å². The van der Waals surface area contributed by atoms with Crippen molar-refractivity contribution in [2.75, 3.05) is 0 Å².